The summed E-state index contributed by atoms with van der Waals surface area (Å²) in [5, 5.41) is 24.0. The van der Waals surface area contributed by atoms with Gasteiger partial charge in [0.05, 0.1) is 11.8 Å². The van der Waals surface area contributed by atoms with Crippen LogP contribution in [0.25, 0.3) is 21.5 Å². The number of carboxylic acid groups (broad SMARTS) is 1. The first-order valence-electron chi connectivity index (χ1n) is 13.9. The van der Waals surface area contributed by atoms with Gasteiger partial charge in [0.1, 0.15) is 0 Å². The predicted molar refractivity (Wildman–Crippen MR) is 192 cm³/mol. The molecule has 0 aliphatic rings. The molecule has 2 aromatic carbocycles. The van der Waals surface area contributed by atoms with Crippen LogP contribution in [0, 0.1) is 0 Å². The number of hydrogen-bond acceptors (Lipinski definition) is 7. The lowest BCUT2D eigenvalue weighted by Gasteiger charge is -2.14. The maximum absolute atomic E-state index is 12.5. The molecule has 0 saturated heterocycles. The quantitative estimate of drug-likeness (QED) is 0.149. The van der Waals surface area contributed by atoms with Gasteiger partial charge in [-0.3, -0.25) is 19.6 Å². The minimum absolute atomic E-state index is 0. The number of aliphatic carboxylic acids is 1. The van der Waals surface area contributed by atoms with Crippen molar-refractivity contribution in [2.45, 2.75) is 53.4 Å². The summed E-state index contributed by atoms with van der Waals surface area (Å²) >= 11 is 3.16. The van der Waals surface area contributed by atoms with Crippen molar-refractivity contribution in [1.82, 2.24) is 9.97 Å². The number of nitrogens with one attached hydrogen (secondary N) is 1. The Labute approximate surface area is 273 Å². The molecule has 4 N–H and O–H groups in total. The van der Waals surface area contributed by atoms with E-state index in [9.17, 15) is 9.59 Å². The Bertz CT molecular complexity index is 1760. The normalized spacial score (nSPS) is 11.3. The number of fused-ring (bicyclic) bond motifs is 2. The molecule has 1 amide bonds. The van der Waals surface area contributed by atoms with Gasteiger partial charge in [-0.25, -0.2) is 0 Å². The number of hydrogen-bond donors (Lipinski definition) is 3. The molecule has 6 aromatic rings. The highest BCUT2D eigenvalue weighted by atomic mass is 32.1. The lowest BCUT2D eigenvalue weighted by molar-refractivity contribution is -0.138. The number of nitrogens with zero attached hydrogens (tertiary/aromatic N) is 2. The highest BCUT2D eigenvalue weighted by Crippen LogP contribution is 2.25. The molecule has 0 saturated carbocycles. The number of rotatable bonds is 7. The number of aromatic nitrogens is 2. The van der Waals surface area contributed by atoms with Crippen molar-refractivity contribution >= 4 is 67.5 Å². The second-order valence-electron chi connectivity index (χ2n) is 9.78. The highest BCUT2D eigenvalue weighted by molar-refractivity contribution is 7.08. The van der Waals surface area contributed by atoms with Gasteiger partial charge < -0.3 is 16.2 Å². The van der Waals surface area contributed by atoms with E-state index >= 15 is 0 Å². The lowest BCUT2D eigenvalue weighted by Crippen LogP contribution is -2.20. The summed E-state index contributed by atoms with van der Waals surface area (Å²) in [6.45, 7) is 3.92. The van der Waals surface area contributed by atoms with Crippen molar-refractivity contribution < 1.29 is 14.7 Å². The van der Waals surface area contributed by atoms with Gasteiger partial charge in [-0.15, -0.1) is 0 Å². The van der Waals surface area contributed by atoms with Crippen molar-refractivity contribution in [2.75, 3.05) is 11.1 Å². The van der Waals surface area contributed by atoms with E-state index < -0.39 is 5.97 Å². The summed E-state index contributed by atoms with van der Waals surface area (Å²) in [7, 11) is 0. The highest BCUT2D eigenvalue weighted by Gasteiger charge is 2.19. The fourth-order valence-electron chi connectivity index (χ4n) is 4.56. The van der Waals surface area contributed by atoms with Gasteiger partial charge in [-0.05, 0) is 105 Å². The monoisotopic (exact) mass is 642 g/mol. The molecule has 2 atom stereocenters. The first-order valence-corrected chi connectivity index (χ1v) is 15.8. The van der Waals surface area contributed by atoms with Crippen LogP contribution in [-0.2, 0) is 9.59 Å². The minimum atomic E-state index is -0.731. The van der Waals surface area contributed by atoms with Gasteiger partial charge in [0, 0.05) is 46.9 Å². The number of carboxylic acids is 1. The SMILES string of the molecule is C.C.CCC(C(=O)Nc1ccc2cnccc2c1)c1ccsc1.CCC(C(=O)O)c1ccsc1.Nc1ccc2cnccc2c1. The third kappa shape index (κ3) is 10.2. The number of carbonyl (C=O) groups excluding carboxylic acids is 1. The van der Waals surface area contributed by atoms with E-state index in [-0.39, 0.29) is 32.6 Å². The second-order valence-corrected chi connectivity index (χ2v) is 11.3. The molecular weight excluding hydrogens is 601 g/mol. The number of amides is 1. The Hall–Kier alpha value is -4.60. The Morgan fingerprint density at radius 1 is 0.756 bits per heavy atom. The van der Waals surface area contributed by atoms with Crippen LogP contribution in [0.2, 0.25) is 0 Å². The first kappa shape index (κ1) is 36.6. The summed E-state index contributed by atoms with van der Waals surface area (Å²) in [4.78, 5) is 31.2. The van der Waals surface area contributed by atoms with E-state index in [1.165, 1.54) is 11.3 Å². The van der Waals surface area contributed by atoms with Gasteiger partial charge in [0.2, 0.25) is 5.91 Å². The van der Waals surface area contributed by atoms with Gasteiger partial charge in [0.15, 0.2) is 0 Å². The van der Waals surface area contributed by atoms with Crippen LogP contribution < -0.4 is 11.1 Å². The second kappa shape index (κ2) is 18.3. The zero-order chi connectivity index (χ0) is 30.6. The molecule has 0 aliphatic heterocycles. The number of benzene rings is 2. The zero-order valence-corrected chi connectivity index (χ0v) is 25.6. The summed E-state index contributed by atoms with van der Waals surface area (Å²) in [6, 6.07) is 19.4. The van der Waals surface area contributed by atoms with E-state index in [1.807, 2.05) is 108 Å². The molecule has 0 radical (unpaired) electrons. The smallest absolute Gasteiger partial charge is 0.310 e. The van der Waals surface area contributed by atoms with Crippen LogP contribution >= 0.6 is 22.7 Å². The van der Waals surface area contributed by atoms with Crippen molar-refractivity contribution in [3.63, 3.8) is 0 Å². The maximum Gasteiger partial charge on any atom is 0.310 e. The number of carbonyl (C=O) groups is 2. The Balaban J connectivity index is 0.000000251. The first-order chi connectivity index (χ1) is 20.9. The van der Waals surface area contributed by atoms with Crippen LogP contribution in [-0.4, -0.2) is 27.0 Å². The minimum Gasteiger partial charge on any atom is -0.481 e. The molecule has 0 bridgehead atoms. The molecule has 236 valence electrons. The molecule has 0 spiro atoms. The van der Waals surface area contributed by atoms with E-state index in [1.54, 1.807) is 23.7 Å². The molecule has 4 heterocycles. The van der Waals surface area contributed by atoms with Crippen LogP contribution in [0.5, 0.6) is 0 Å². The molecule has 7 nitrogen and oxygen atoms in total. The maximum atomic E-state index is 12.5. The lowest BCUT2D eigenvalue weighted by atomic mass is 9.98. The molecule has 4 aromatic heterocycles. The summed E-state index contributed by atoms with van der Waals surface area (Å²) < 4.78 is 0. The number of nitrogens with two attached hydrogens (primary N) is 1. The van der Waals surface area contributed by atoms with Crippen molar-refractivity contribution in [3.05, 3.63) is 118 Å². The fourth-order valence-corrected chi connectivity index (χ4v) is 5.99. The van der Waals surface area contributed by atoms with Gasteiger partial charge in [0.25, 0.3) is 0 Å². The summed E-state index contributed by atoms with van der Waals surface area (Å²) in [5.74, 6) is -1.10. The fraction of sp³-hybridized carbons (Fsp3) is 0.222. The van der Waals surface area contributed by atoms with Crippen molar-refractivity contribution in [3.8, 4) is 0 Å². The van der Waals surface area contributed by atoms with Gasteiger partial charge in [-0.2, -0.15) is 22.7 Å². The number of thiophene rings is 2. The largest absolute Gasteiger partial charge is 0.481 e. The standard InChI is InChI=1S/C17H16N2OS.C9H8N2.C8H10O2S.2CH4/c1-2-16(14-6-8-21-11-14)17(20)19-15-4-3-13-10-18-7-5-12(13)9-15;10-9-2-1-8-6-11-4-3-7(8)5-9;1-2-7(8(9)10)6-3-4-11-5-6;;/h3-11,16H,2H2,1H3,(H,19,20);1-6H,10H2;3-5,7H,2H2,1H3,(H,9,10);2*1H4. The van der Waals surface area contributed by atoms with E-state index in [4.69, 9.17) is 10.8 Å². The van der Waals surface area contributed by atoms with Crippen LogP contribution in [0.15, 0.2) is 107 Å². The average molecular weight is 643 g/mol. The van der Waals surface area contributed by atoms with Gasteiger partial charge in [-0.1, -0.05) is 40.8 Å². The Morgan fingerprint density at radius 3 is 1.80 bits per heavy atom. The zero-order valence-electron chi connectivity index (χ0n) is 24.0. The molecule has 6 rings (SSSR count). The third-order valence-corrected chi connectivity index (χ3v) is 8.30. The van der Waals surface area contributed by atoms with Crippen LogP contribution in [0.3, 0.4) is 0 Å². The van der Waals surface area contributed by atoms with Gasteiger partial charge >= 0.3 is 5.97 Å². The molecule has 0 fully saturated rings. The van der Waals surface area contributed by atoms with E-state index in [2.05, 4.69) is 15.3 Å². The van der Waals surface area contributed by atoms with E-state index in [0.717, 1.165) is 50.5 Å². The van der Waals surface area contributed by atoms with Crippen molar-refractivity contribution in [1.29, 1.82) is 0 Å². The Kier molecular flexibility index (Phi) is 14.9. The number of nitrogen functional groups attached to an aromatic ring is 1. The van der Waals surface area contributed by atoms with E-state index in [0.29, 0.717) is 6.42 Å². The van der Waals surface area contributed by atoms with Crippen molar-refractivity contribution in [2.24, 2.45) is 0 Å². The number of pyridine rings is 2. The Morgan fingerprint density at radius 2 is 1.29 bits per heavy atom. The topological polar surface area (TPSA) is 118 Å². The van der Waals surface area contributed by atoms with Crippen LogP contribution in [0.1, 0.15) is 64.5 Å². The molecular formula is C36H42N4O3S2. The average Bonchev–Trinajstić information content (AvgIpc) is 3.74. The molecule has 45 heavy (non-hydrogen) atoms. The predicted octanol–water partition coefficient (Wildman–Crippen LogP) is 9.84. The third-order valence-electron chi connectivity index (χ3n) is 6.89. The van der Waals surface area contributed by atoms with Crippen LogP contribution in [0.4, 0.5) is 11.4 Å². The molecule has 0 aliphatic carbocycles. The number of anilines is 2. The summed E-state index contributed by atoms with van der Waals surface area (Å²) in [6.07, 6.45) is 8.62. The molecule has 2 unspecified atom stereocenters. The molecule has 9 heteroatoms. The summed E-state index contributed by atoms with van der Waals surface area (Å²) in [5.41, 5.74) is 9.23.